The summed E-state index contributed by atoms with van der Waals surface area (Å²) in [5.74, 6) is 1.89. The van der Waals surface area contributed by atoms with E-state index in [1.54, 1.807) is 7.05 Å². The first kappa shape index (κ1) is 17.2. The molecule has 0 atom stereocenters. The van der Waals surface area contributed by atoms with Crippen LogP contribution in [0.1, 0.15) is 18.9 Å². The van der Waals surface area contributed by atoms with Crippen LogP contribution in [0.3, 0.4) is 0 Å². The molecule has 0 aromatic heterocycles. The second-order valence-electron chi connectivity index (χ2n) is 5.12. The van der Waals surface area contributed by atoms with E-state index in [9.17, 15) is 5.26 Å². The summed E-state index contributed by atoms with van der Waals surface area (Å²) in [7, 11) is 1.70. The van der Waals surface area contributed by atoms with Crippen molar-refractivity contribution in [2.45, 2.75) is 13.3 Å². The van der Waals surface area contributed by atoms with E-state index in [1.165, 1.54) is 0 Å². The second kappa shape index (κ2) is 8.44. The predicted octanol–water partition coefficient (Wildman–Crippen LogP) is 4.19. The van der Waals surface area contributed by atoms with Crippen LogP contribution >= 0.6 is 0 Å². The van der Waals surface area contributed by atoms with Crippen LogP contribution in [0.4, 0.5) is 0 Å². The van der Waals surface area contributed by atoms with Crippen molar-refractivity contribution >= 4 is 5.57 Å². The molecular weight excluding hydrogens is 298 g/mol. The molecule has 2 rings (SSSR count). The van der Waals surface area contributed by atoms with Gasteiger partial charge in [0.1, 0.15) is 23.4 Å². The molecular formula is C20H21N3O. The average Bonchev–Trinajstić information content (AvgIpc) is 2.63. The molecule has 0 bridgehead atoms. The molecule has 2 aromatic rings. The number of rotatable bonds is 6. The van der Waals surface area contributed by atoms with Gasteiger partial charge in [0.25, 0.3) is 0 Å². The first-order chi connectivity index (χ1) is 11.7. The molecule has 0 aliphatic carbocycles. The summed E-state index contributed by atoms with van der Waals surface area (Å²) in [6, 6.07) is 19.4. The predicted molar refractivity (Wildman–Crippen MR) is 97.1 cm³/mol. The maximum absolute atomic E-state index is 9.44. The van der Waals surface area contributed by atoms with Gasteiger partial charge in [-0.2, -0.15) is 5.26 Å². The van der Waals surface area contributed by atoms with Crippen LogP contribution in [0.15, 0.2) is 72.1 Å². The fraction of sp³-hybridized carbons (Fsp3) is 0.150. The van der Waals surface area contributed by atoms with E-state index in [1.807, 2.05) is 67.6 Å². The molecule has 0 radical (unpaired) electrons. The first-order valence-electron chi connectivity index (χ1n) is 7.81. The van der Waals surface area contributed by atoms with Crippen LogP contribution in [-0.4, -0.2) is 7.05 Å². The largest absolute Gasteiger partial charge is 0.457 e. The topological polar surface area (TPSA) is 71.1 Å². The number of nitrogens with one attached hydrogen (secondary N) is 1. The Balaban J connectivity index is 2.30. The summed E-state index contributed by atoms with van der Waals surface area (Å²) in [4.78, 5) is 0. The Kier molecular flexibility index (Phi) is 6.04. The standard InChI is InChI=1S/C20H21N3O/c1-3-7-18(19(14-21)20(22)23-2)15-10-12-17(13-11-15)24-16-8-5-4-6-9-16/h4-13,23H,3,22H2,1-2H3/b18-7+,20-19-. The number of hydrogen-bond acceptors (Lipinski definition) is 4. The number of allylic oxidation sites excluding steroid dienone is 3. The van der Waals surface area contributed by atoms with Crippen molar-refractivity contribution in [2.75, 3.05) is 7.05 Å². The van der Waals surface area contributed by atoms with Gasteiger partial charge in [0.15, 0.2) is 0 Å². The molecule has 0 saturated carbocycles. The van der Waals surface area contributed by atoms with Crippen molar-refractivity contribution in [1.29, 1.82) is 5.26 Å². The summed E-state index contributed by atoms with van der Waals surface area (Å²) >= 11 is 0. The second-order valence-corrected chi connectivity index (χ2v) is 5.12. The van der Waals surface area contributed by atoms with Gasteiger partial charge < -0.3 is 15.8 Å². The third-order valence-electron chi connectivity index (χ3n) is 3.47. The summed E-state index contributed by atoms with van der Waals surface area (Å²) < 4.78 is 5.79. The highest BCUT2D eigenvalue weighted by atomic mass is 16.5. The summed E-state index contributed by atoms with van der Waals surface area (Å²) in [5, 5.41) is 12.3. The molecule has 0 saturated heterocycles. The molecule has 0 heterocycles. The van der Waals surface area contributed by atoms with Crippen molar-refractivity contribution < 1.29 is 4.74 Å². The minimum atomic E-state index is 0.363. The minimum Gasteiger partial charge on any atom is -0.457 e. The van der Waals surface area contributed by atoms with Crippen LogP contribution in [0.2, 0.25) is 0 Å². The normalized spacial score (nSPS) is 12.1. The van der Waals surface area contributed by atoms with Gasteiger partial charge in [-0.3, -0.25) is 0 Å². The SMILES string of the molecule is CC/C=C(/C(C#N)=C(/N)NC)c1ccc(Oc2ccccc2)cc1. The maximum Gasteiger partial charge on any atom is 0.127 e. The lowest BCUT2D eigenvalue weighted by Crippen LogP contribution is -2.17. The number of nitrogens with two attached hydrogens (primary N) is 1. The average molecular weight is 319 g/mol. The van der Waals surface area contributed by atoms with Gasteiger partial charge in [0.2, 0.25) is 0 Å². The molecule has 3 N–H and O–H groups in total. The molecule has 4 heteroatoms. The quantitative estimate of drug-likeness (QED) is 0.619. The van der Waals surface area contributed by atoms with Crippen molar-refractivity contribution in [3.8, 4) is 17.6 Å². The Morgan fingerprint density at radius 3 is 2.29 bits per heavy atom. The number of ether oxygens (including phenoxy) is 1. The van der Waals surface area contributed by atoms with Crippen molar-refractivity contribution in [1.82, 2.24) is 5.32 Å². The third kappa shape index (κ3) is 4.17. The van der Waals surface area contributed by atoms with Crippen LogP contribution in [0.25, 0.3) is 5.57 Å². The Hall–Kier alpha value is -3.19. The van der Waals surface area contributed by atoms with Crippen LogP contribution in [0.5, 0.6) is 11.5 Å². The van der Waals surface area contributed by atoms with E-state index in [2.05, 4.69) is 11.4 Å². The van der Waals surface area contributed by atoms with Crippen LogP contribution < -0.4 is 15.8 Å². The molecule has 122 valence electrons. The van der Waals surface area contributed by atoms with E-state index in [-0.39, 0.29) is 0 Å². The fourth-order valence-electron chi connectivity index (χ4n) is 2.29. The molecule has 4 nitrogen and oxygen atoms in total. The lowest BCUT2D eigenvalue weighted by atomic mass is 9.97. The van der Waals surface area contributed by atoms with E-state index in [4.69, 9.17) is 10.5 Å². The van der Waals surface area contributed by atoms with Gasteiger partial charge in [0.05, 0.1) is 5.57 Å². The van der Waals surface area contributed by atoms with Crippen molar-refractivity contribution in [3.05, 3.63) is 77.6 Å². The van der Waals surface area contributed by atoms with E-state index in [0.717, 1.165) is 29.1 Å². The molecule has 0 aliphatic rings. The smallest absolute Gasteiger partial charge is 0.127 e. The zero-order valence-corrected chi connectivity index (χ0v) is 13.9. The van der Waals surface area contributed by atoms with Gasteiger partial charge >= 0.3 is 0 Å². The first-order valence-corrected chi connectivity index (χ1v) is 7.81. The van der Waals surface area contributed by atoms with Gasteiger partial charge in [-0.05, 0) is 41.8 Å². The molecule has 0 fully saturated rings. The molecule has 2 aromatic carbocycles. The summed E-state index contributed by atoms with van der Waals surface area (Å²) in [6.07, 6.45) is 2.80. The van der Waals surface area contributed by atoms with Crippen LogP contribution in [0, 0.1) is 11.3 Å². The molecule has 0 aliphatic heterocycles. The Morgan fingerprint density at radius 2 is 1.75 bits per heavy atom. The molecule has 24 heavy (non-hydrogen) atoms. The van der Waals surface area contributed by atoms with Gasteiger partial charge in [-0.1, -0.05) is 43.3 Å². The fourth-order valence-corrected chi connectivity index (χ4v) is 2.29. The Bertz CT molecular complexity index is 769. The van der Waals surface area contributed by atoms with Gasteiger partial charge in [-0.15, -0.1) is 0 Å². The molecule has 0 unspecified atom stereocenters. The van der Waals surface area contributed by atoms with Crippen molar-refractivity contribution in [3.63, 3.8) is 0 Å². The summed E-state index contributed by atoms with van der Waals surface area (Å²) in [6.45, 7) is 2.03. The molecule has 0 spiro atoms. The number of nitriles is 1. The highest BCUT2D eigenvalue weighted by Crippen LogP contribution is 2.28. The van der Waals surface area contributed by atoms with Gasteiger partial charge in [-0.25, -0.2) is 0 Å². The monoisotopic (exact) mass is 319 g/mol. The zero-order chi connectivity index (χ0) is 17.4. The lowest BCUT2D eigenvalue weighted by molar-refractivity contribution is 0.482. The minimum absolute atomic E-state index is 0.363. The Morgan fingerprint density at radius 1 is 1.12 bits per heavy atom. The highest BCUT2D eigenvalue weighted by molar-refractivity contribution is 5.83. The maximum atomic E-state index is 9.44. The lowest BCUT2D eigenvalue weighted by Gasteiger charge is -2.11. The summed E-state index contributed by atoms with van der Waals surface area (Å²) in [5.41, 5.74) is 8.09. The third-order valence-corrected chi connectivity index (χ3v) is 3.47. The number of hydrogen-bond donors (Lipinski definition) is 2. The van der Waals surface area contributed by atoms with Gasteiger partial charge in [0, 0.05) is 7.05 Å². The van der Waals surface area contributed by atoms with E-state index in [0.29, 0.717) is 11.4 Å². The Labute approximate surface area is 142 Å². The number of para-hydroxylation sites is 1. The van der Waals surface area contributed by atoms with E-state index < -0.39 is 0 Å². The molecule has 0 amide bonds. The van der Waals surface area contributed by atoms with E-state index >= 15 is 0 Å². The van der Waals surface area contributed by atoms with Crippen molar-refractivity contribution in [2.24, 2.45) is 5.73 Å². The number of nitrogens with zero attached hydrogens (tertiary/aromatic N) is 1. The zero-order valence-electron chi connectivity index (χ0n) is 13.9. The highest BCUT2D eigenvalue weighted by Gasteiger charge is 2.11. The van der Waals surface area contributed by atoms with Crippen LogP contribution in [-0.2, 0) is 0 Å². The number of benzene rings is 2.